The minimum Gasteiger partial charge on any atom is -0.361 e. The molecule has 0 spiro atoms. The van der Waals surface area contributed by atoms with Crippen LogP contribution in [-0.4, -0.2) is 10.8 Å². The first kappa shape index (κ1) is 10.9. The third-order valence-corrected chi connectivity index (χ3v) is 2.82. The van der Waals surface area contributed by atoms with Crippen molar-refractivity contribution in [3.8, 4) is 0 Å². The molecule has 1 aromatic carbocycles. The summed E-state index contributed by atoms with van der Waals surface area (Å²) in [5.74, 6) is 0.830. The monoisotopic (exact) mass is 215 g/mol. The normalized spacial score (nSPS) is 11.2. The molecule has 0 saturated heterocycles. The standard InChI is InChI=1S/C14H17NO/c1-10(2)3-6-14(16)12-4-5-13-11(9-12)7-8-15-13/h4-5,7-10,15H,3,6H2,1-2H3. The van der Waals surface area contributed by atoms with E-state index in [-0.39, 0.29) is 5.78 Å². The van der Waals surface area contributed by atoms with E-state index in [1.807, 2.05) is 30.5 Å². The molecule has 2 heteroatoms. The molecule has 0 radical (unpaired) electrons. The molecule has 2 nitrogen and oxygen atoms in total. The van der Waals surface area contributed by atoms with Crippen LogP contribution in [0, 0.1) is 5.92 Å². The van der Waals surface area contributed by atoms with Crippen LogP contribution in [0.15, 0.2) is 30.5 Å². The molecule has 1 N–H and O–H groups in total. The minimum absolute atomic E-state index is 0.247. The molecule has 84 valence electrons. The third-order valence-electron chi connectivity index (χ3n) is 2.82. The lowest BCUT2D eigenvalue weighted by molar-refractivity contribution is 0.0975. The van der Waals surface area contributed by atoms with Gasteiger partial charge in [-0.1, -0.05) is 13.8 Å². The van der Waals surface area contributed by atoms with Crippen molar-refractivity contribution in [1.29, 1.82) is 0 Å². The van der Waals surface area contributed by atoms with E-state index in [0.29, 0.717) is 12.3 Å². The topological polar surface area (TPSA) is 32.9 Å². The lowest BCUT2D eigenvalue weighted by atomic mass is 10.0. The molecule has 0 unspecified atom stereocenters. The Morgan fingerprint density at radius 2 is 2.12 bits per heavy atom. The van der Waals surface area contributed by atoms with E-state index in [1.54, 1.807) is 0 Å². The minimum atomic E-state index is 0.247. The van der Waals surface area contributed by atoms with Crippen LogP contribution >= 0.6 is 0 Å². The highest BCUT2D eigenvalue weighted by atomic mass is 16.1. The largest absolute Gasteiger partial charge is 0.361 e. The fraction of sp³-hybridized carbons (Fsp3) is 0.357. The van der Waals surface area contributed by atoms with Crippen LogP contribution in [0.25, 0.3) is 10.9 Å². The van der Waals surface area contributed by atoms with Gasteiger partial charge in [-0.2, -0.15) is 0 Å². The van der Waals surface area contributed by atoms with Crippen LogP contribution in [0.5, 0.6) is 0 Å². The molecule has 0 fully saturated rings. The maximum Gasteiger partial charge on any atom is 0.162 e. The molecular weight excluding hydrogens is 198 g/mol. The number of rotatable bonds is 4. The van der Waals surface area contributed by atoms with E-state index in [2.05, 4.69) is 18.8 Å². The molecule has 0 aliphatic carbocycles. The predicted octanol–water partition coefficient (Wildman–Crippen LogP) is 3.79. The number of fused-ring (bicyclic) bond motifs is 1. The smallest absolute Gasteiger partial charge is 0.162 e. The van der Waals surface area contributed by atoms with Crippen LogP contribution in [0.2, 0.25) is 0 Å². The van der Waals surface area contributed by atoms with Crippen molar-refractivity contribution in [1.82, 2.24) is 4.98 Å². The van der Waals surface area contributed by atoms with Crippen molar-refractivity contribution in [2.45, 2.75) is 26.7 Å². The summed E-state index contributed by atoms with van der Waals surface area (Å²) in [6.07, 6.45) is 3.50. The van der Waals surface area contributed by atoms with Crippen molar-refractivity contribution in [2.75, 3.05) is 0 Å². The van der Waals surface area contributed by atoms with Gasteiger partial charge in [0.25, 0.3) is 0 Å². The first-order valence-corrected chi connectivity index (χ1v) is 5.77. The summed E-state index contributed by atoms with van der Waals surface area (Å²) in [5.41, 5.74) is 1.91. The number of nitrogens with one attached hydrogen (secondary N) is 1. The summed E-state index contributed by atoms with van der Waals surface area (Å²) in [6.45, 7) is 4.28. The number of carbonyl (C=O) groups is 1. The quantitative estimate of drug-likeness (QED) is 0.773. The average Bonchev–Trinajstić information content (AvgIpc) is 2.72. The molecule has 1 aromatic heterocycles. The first-order chi connectivity index (χ1) is 7.66. The van der Waals surface area contributed by atoms with E-state index in [1.165, 1.54) is 0 Å². The Bertz CT molecular complexity index is 496. The van der Waals surface area contributed by atoms with Gasteiger partial charge in [0, 0.05) is 29.1 Å². The van der Waals surface area contributed by atoms with Crippen LogP contribution in [0.1, 0.15) is 37.0 Å². The van der Waals surface area contributed by atoms with Gasteiger partial charge in [-0.25, -0.2) is 0 Å². The summed E-state index contributed by atoms with van der Waals surface area (Å²) in [6, 6.07) is 7.84. The highest BCUT2D eigenvalue weighted by molar-refractivity contribution is 5.99. The van der Waals surface area contributed by atoms with Crippen molar-refractivity contribution in [3.63, 3.8) is 0 Å². The molecule has 0 saturated carbocycles. The van der Waals surface area contributed by atoms with Crippen LogP contribution < -0.4 is 0 Å². The summed E-state index contributed by atoms with van der Waals surface area (Å²) < 4.78 is 0. The molecule has 2 aromatic rings. The zero-order valence-electron chi connectivity index (χ0n) is 9.79. The lowest BCUT2D eigenvalue weighted by Crippen LogP contribution is -2.01. The van der Waals surface area contributed by atoms with Crippen LogP contribution in [-0.2, 0) is 0 Å². The fourth-order valence-corrected chi connectivity index (χ4v) is 1.79. The Hall–Kier alpha value is -1.57. The van der Waals surface area contributed by atoms with E-state index in [9.17, 15) is 4.79 Å². The first-order valence-electron chi connectivity index (χ1n) is 5.77. The SMILES string of the molecule is CC(C)CCC(=O)c1ccc2[nH]ccc2c1. The molecule has 16 heavy (non-hydrogen) atoms. The molecule has 0 aliphatic heterocycles. The van der Waals surface area contributed by atoms with Crippen molar-refractivity contribution in [2.24, 2.45) is 5.92 Å². The second-order valence-corrected chi connectivity index (χ2v) is 4.64. The van der Waals surface area contributed by atoms with Crippen molar-refractivity contribution >= 4 is 16.7 Å². The number of hydrogen-bond donors (Lipinski definition) is 1. The second kappa shape index (κ2) is 4.52. The second-order valence-electron chi connectivity index (χ2n) is 4.64. The van der Waals surface area contributed by atoms with Gasteiger partial charge >= 0.3 is 0 Å². The number of ketones is 1. The third kappa shape index (κ3) is 2.32. The Morgan fingerprint density at radius 1 is 1.31 bits per heavy atom. The Balaban J connectivity index is 2.16. The highest BCUT2D eigenvalue weighted by Crippen LogP contribution is 2.16. The molecule has 0 amide bonds. The van der Waals surface area contributed by atoms with Crippen molar-refractivity contribution in [3.05, 3.63) is 36.0 Å². The summed E-state index contributed by atoms with van der Waals surface area (Å²) >= 11 is 0. The number of aromatic nitrogens is 1. The number of carbonyl (C=O) groups excluding carboxylic acids is 1. The fourth-order valence-electron chi connectivity index (χ4n) is 1.79. The van der Waals surface area contributed by atoms with Gasteiger partial charge in [0.1, 0.15) is 0 Å². The number of H-pyrrole nitrogens is 1. The Labute approximate surface area is 95.7 Å². The van der Waals surface area contributed by atoms with E-state index >= 15 is 0 Å². The van der Waals surface area contributed by atoms with Gasteiger partial charge in [-0.3, -0.25) is 4.79 Å². The summed E-state index contributed by atoms with van der Waals surface area (Å²) in [4.78, 5) is 15.0. The molecule has 0 bridgehead atoms. The molecular formula is C14H17NO. The average molecular weight is 215 g/mol. The van der Waals surface area contributed by atoms with Gasteiger partial charge < -0.3 is 4.98 Å². The Kier molecular flexibility index (Phi) is 3.09. The van der Waals surface area contributed by atoms with Gasteiger partial charge in [0.15, 0.2) is 5.78 Å². The molecule has 1 heterocycles. The molecule has 0 atom stereocenters. The highest BCUT2D eigenvalue weighted by Gasteiger charge is 2.07. The maximum atomic E-state index is 11.9. The van der Waals surface area contributed by atoms with Gasteiger partial charge in [-0.05, 0) is 36.6 Å². The van der Waals surface area contributed by atoms with E-state index in [0.717, 1.165) is 22.9 Å². The molecule has 2 rings (SSSR count). The lowest BCUT2D eigenvalue weighted by Gasteiger charge is -2.04. The van der Waals surface area contributed by atoms with Gasteiger partial charge in [0.2, 0.25) is 0 Å². The number of Topliss-reactive ketones (excluding diaryl/α,β-unsaturated/α-hetero) is 1. The van der Waals surface area contributed by atoms with Gasteiger partial charge in [-0.15, -0.1) is 0 Å². The maximum absolute atomic E-state index is 11.9. The van der Waals surface area contributed by atoms with Gasteiger partial charge in [0.05, 0.1) is 0 Å². The summed E-state index contributed by atoms with van der Waals surface area (Å²) in [7, 11) is 0. The van der Waals surface area contributed by atoms with E-state index < -0.39 is 0 Å². The predicted molar refractivity (Wildman–Crippen MR) is 66.7 cm³/mol. The zero-order chi connectivity index (χ0) is 11.5. The van der Waals surface area contributed by atoms with E-state index in [4.69, 9.17) is 0 Å². The molecule has 0 aliphatic rings. The summed E-state index contributed by atoms with van der Waals surface area (Å²) in [5, 5.41) is 1.11. The van der Waals surface area contributed by atoms with Crippen LogP contribution in [0.4, 0.5) is 0 Å². The van der Waals surface area contributed by atoms with Crippen LogP contribution in [0.3, 0.4) is 0 Å². The zero-order valence-corrected chi connectivity index (χ0v) is 9.79. The van der Waals surface area contributed by atoms with Crippen molar-refractivity contribution < 1.29 is 4.79 Å². The number of aromatic amines is 1. The Morgan fingerprint density at radius 3 is 2.88 bits per heavy atom. The number of benzene rings is 1. The number of hydrogen-bond acceptors (Lipinski definition) is 1.